The van der Waals surface area contributed by atoms with Crippen molar-refractivity contribution in [3.63, 3.8) is 0 Å². The quantitative estimate of drug-likeness (QED) is 0.0644. The molecule has 0 saturated carbocycles. The lowest BCUT2D eigenvalue weighted by atomic mass is 9.92. The summed E-state index contributed by atoms with van der Waals surface area (Å²) < 4.78 is 152. The lowest BCUT2D eigenvalue weighted by molar-refractivity contribution is 0.0503. The molecule has 7 aromatic rings. The summed E-state index contributed by atoms with van der Waals surface area (Å²) in [4.78, 5) is 56.4. The van der Waals surface area contributed by atoms with E-state index in [2.05, 4.69) is 0 Å². The van der Waals surface area contributed by atoms with Crippen LogP contribution < -0.4 is 0 Å². The van der Waals surface area contributed by atoms with Crippen molar-refractivity contribution < 1.29 is 71.8 Å². The van der Waals surface area contributed by atoms with E-state index in [1.165, 1.54) is 84.9 Å². The Kier molecular flexibility index (Phi) is 20.1. The summed E-state index contributed by atoms with van der Waals surface area (Å²) in [5, 5.41) is 0. The first-order valence-electron chi connectivity index (χ1n) is 29.1. The first kappa shape index (κ1) is 66.5. The number of hydrogen-bond acceptors (Lipinski definition) is 16. The zero-order valence-corrected chi connectivity index (χ0v) is 54.4. The third-order valence-corrected chi connectivity index (χ3v) is 22.9. The fraction of sp³-hybridized carbons (Fsp3) is 0.303. The molecule has 0 unspecified atom stereocenters. The number of rotatable bonds is 16. The molecule has 2 aliphatic heterocycles. The van der Waals surface area contributed by atoms with Gasteiger partial charge in [-0.15, -0.1) is 0 Å². The predicted octanol–water partition coefficient (Wildman–Crippen LogP) is 9.82. The van der Waals surface area contributed by atoms with Gasteiger partial charge in [0.05, 0.1) is 68.3 Å². The SMILES string of the molecule is CCOC(=O)c1cc(C(=O)OCC)c2cc1CN(S(=O)(=O)c1ccc(C)cc1)Cc1ccc3c(c1CN(S(=O)(=O)c1ccc(C)cc1)Cc1cc(c(C(=O)OCC)cc1C(=O)OCC)CN(S(=O)(=O)c1ccc(C)cc1)C3)CN(S(=O)(=O)c1ccc(C)cc1)C2. The second-order valence-electron chi connectivity index (χ2n) is 21.9. The van der Waals surface area contributed by atoms with Crippen molar-refractivity contribution in [2.24, 2.45) is 0 Å². The summed E-state index contributed by atoms with van der Waals surface area (Å²) in [5.74, 6) is -3.81. The molecule has 0 spiro atoms. The highest BCUT2D eigenvalue weighted by molar-refractivity contribution is 7.90. The number of nitrogens with zero attached hydrogens (tertiary/aromatic N) is 4. The number of fused-ring (bicyclic) bond motifs is 4. The van der Waals surface area contributed by atoms with Gasteiger partial charge >= 0.3 is 23.9 Å². The van der Waals surface area contributed by atoms with E-state index in [9.17, 15) is 19.2 Å². The van der Waals surface area contributed by atoms with E-state index in [-0.39, 0.29) is 113 Å². The Hall–Kier alpha value is -7.94. The van der Waals surface area contributed by atoms with Gasteiger partial charge in [0.2, 0.25) is 40.1 Å². The standard InChI is InChI=1S/C66H70N4O16S4/c1-9-83-63(71)57-33-59(65(73)85-11-3)51-31-49(57)37-67(87(75,76)53-23-13-43(5)14-24-53)35-47-21-22-48-36-68(88(77,78)54-25-15-44(6)16-26-54)38-50-32-52(60(66(74)86-12-4)34-58(50)64(72)84-10-2)40-70(90(81,82)56-29-19-46(8)20-30-56)42-61(47)62(48)41-69(39-51)89(79,80)55-27-17-45(7)18-28-55/h13-34H,9-12,35-42H2,1-8H3. The molecule has 2 heterocycles. The van der Waals surface area contributed by atoms with E-state index in [0.717, 1.165) is 28.3 Å². The lowest BCUT2D eigenvalue weighted by Crippen LogP contribution is -2.38. The van der Waals surface area contributed by atoms with Crippen LogP contribution in [0.15, 0.2) is 153 Å². The molecule has 474 valence electrons. The fourth-order valence-electron chi connectivity index (χ4n) is 10.8. The molecule has 0 N–H and O–H groups in total. The molecule has 0 aromatic heterocycles. The summed E-state index contributed by atoms with van der Waals surface area (Å²) in [7, 11) is -19.0. The van der Waals surface area contributed by atoms with E-state index in [1.54, 1.807) is 104 Å². The van der Waals surface area contributed by atoms with Gasteiger partial charge in [0.1, 0.15) is 0 Å². The highest BCUT2D eigenvalue weighted by Gasteiger charge is 2.39. The summed E-state index contributed by atoms with van der Waals surface area (Å²) in [6.45, 7) is 7.41. The monoisotopic (exact) mass is 1300 g/mol. The molecule has 9 rings (SSSR count). The maximum Gasteiger partial charge on any atom is 0.338 e. The predicted molar refractivity (Wildman–Crippen MR) is 334 cm³/mol. The molecule has 0 saturated heterocycles. The Bertz CT molecular complexity index is 4110. The second kappa shape index (κ2) is 27.3. The van der Waals surface area contributed by atoms with Gasteiger partial charge in [-0.2, -0.15) is 17.2 Å². The van der Waals surface area contributed by atoms with Crippen molar-refractivity contribution in [3.05, 3.63) is 222 Å². The van der Waals surface area contributed by atoms with E-state index in [0.29, 0.717) is 11.1 Å². The molecule has 0 aliphatic carbocycles. The zero-order chi connectivity index (χ0) is 65.0. The number of sulfonamides is 4. The van der Waals surface area contributed by atoms with Crippen LogP contribution in [0.4, 0.5) is 0 Å². The minimum Gasteiger partial charge on any atom is -0.462 e. The minimum atomic E-state index is -4.80. The van der Waals surface area contributed by atoms with Crippen molar-refractivity contribution >= 4 is 64.0 Å². The number of benzene rings is 7. The Morgan fingerprint density at radius 3 is 0.711 bits per heavy atom. The van der Waals surface area contributed by atoms with Crippen molar-refractivity contribution in [1.82, 2.24) is 17.2 Å². The van der Waals surface area contributed by atoms with Crippen molar-refractivity contribution in [2.75, 3.05) is 26.4 Å². The molecule has 0 radical (unpaired) electrons. The minimum absolute atomic E-state index is 0.00456. The molecule has 0 atom stereocenters. The third kappa shape index (κ3) is 14.0. The van der Waals surface area contributed by atoms with Crippen LogP contribution in [0, 0.1) is 27.7 Å². The zero-order valence-electron chi connectivity index (χ0n) is 51.1. The van der Waals surface area contributed by atoms with Crippen LogP contribution in [0.2, 0.25) is 0 Å². The van der Waals surface area contributed by atoms with E-state index in [1.807, 2.05) is 0 Å². The normalized spacial score (nSPS) is 14.8. The molecule has 90 heavy (non-hydrogen) atoms. The van der Waals surface area contributed by atoms with Crippen LogP contribution in [0.1, 0.15) is 136 Å². The topological polar surface area (TPSA) is 255 Å². The number of carbonyl (C=O) groups excluding carboxylic acids is 4. The molecular weight excluding hydrogens is 1230 g/mol. The number of carbonyl (C=O) groups is 4. The lowest BCUT2D eigenvalue weighted by Gasteiger charge is -2.34. The van der Waals surface area contributed by atoms with Crippen LogP contribution in [-0.2, 0) is 111 Å². The highest BCUT2D eigenvalue weighted by atomic mass is 32.2. The van der Waals surface area contributed by atoms with Crippen molar-refractivity contribution in [3.8, 4) is 0 Å². The molecule has 7 aromatic carbocycles. The van der Waals surface area contributed by atoms with Crippen LogP contribution in [-0.4, -0.2) is 101 Å². The van der Waals surface area contributed by atoms with Crippen molar-refractivity contribution in [2.45, 2.75) is 127 Å². The molecule has 0 fully saturated rings. The van der Waals surface area contributed by atoms with E-state index < -0.39 is 116 Å². The summed E-state index contributed by atoms with van der Waals surface area (Å²) >= 11 is 0. The first-order valence-corrected chi connectivity index (χ1v) is 34.9. The second-order valence-corrected chi connectivity index (χ2v) is 29.7. The Morgan fingerprint density at radius 1 is 0.300 bits per heavy atom. The molecule has 0 amide bonds. The fourth-order valence-corrected chi connectivity index (χ4v) is 16.4. The average Bonchev–Trinajstić information content (AvgIpc) is 0.761. The van der Waals surface area contributed by atoms with Gasteiger partial charge in [0, 0.05) is 52.4 Å². The van der Waals surface area contributed by atoms with Crippen LogP contribution in [0.3, 0.4) is 0 Å². The summed E-state index contributed by atoms with van der Waals surface area (Å²) in [6, 6.07) is 32.1. The van der Waals surface area contributed by atoms with Gasteiger partial charge in [-0.25, -0.2) is 52.8 Å². The summed E-state index contributed by atoms with van der Waals surface area (Å²) in [6.07, 6.45) is 0. The van der Waals surface area contributed by atoms with Gasteiger partial charge in [0.15, 0.2) is 0 Å². The average molecular weight is 1300 g/mol. The van der Waals surface area contributed by atoms with Crippen LogP contribution >= 0.6 is 0 Å². The van der Waals surface area contributed by atoms with E-state index in [4.69, 9.17) is 18.9 Å². The van der Waals surface area contributed by atoms with Gasteiger partial charge in [-0.1, -0.05) is 95.1 Å². The van der Waals surface area contributed by atoms with E-state index >= 15 is 33.7 Å². The van der Waals surface area contributed by atoms with Gasteiger partial charge in [-0.3, -0.25) is 0 Å². The summed E-state index contributed by atoms with van der Waals surface area (Å²) in [5.41, 5.74) is 2.03. The van der Waals surface area contributed by atoms with Crippen LogP contribution in [0.5, 0.6) is 0 Å². The largest absolute Gasteiger partial charge is 0.462 e. The van der Waals surface area contributed by atoms with Crippen LogP contribution in [0.25, 0.3) is 0 Å². The number of aryl methyl sites for hydroxylation is 4. The van der Waals surface area contributed by atoms with Gasteiger partial charge in [-0.05, 0) is 161 Å². The maximum atomic E-state index is 15.9. The van der Waals surface area contributed by atoms with Crippen molar-refractivity contribution in [1.29, 1.82) is 0 Å². The van der Waals surface area contributed by atoms with Gasteiger partial charge in [0.25, 0.3) is 0 Å². The maximum absolute atomic E-state index is 15.9. The number of esters is 4. The molecule has 20 nitrogen and oxygen atoms in total. The Morgan fingerprint density at radius 2 is 0.500 bits per heavy atom. The number of ether oxygens (including phenoxy) is 4. The molecule has 2 aliphatic rings. The number of hydrogen-bond donors (Lipinski definition) is 0. The van der Waals surface area contributed by atoms with Gasteiger partial charge < -0.3 is 18.9 Å². The first-order chi connectivity index (χ1) is 42.7. The smallest absolute Gasteiger partial charge is 0.338 e. The molecule has 24 heteroatoms. The molecule has 8 bridgehead atoms. The highest BCUT2D eigenvalue weighted by Crippen LogP contribution is 2.38. The molecular formula is C66H70N4O16S4. The Balaban J connectivity index is 1.44. The Labute approximate surface area is 526 Å². The third-order valence-electron chi connectivity index (χ3n) is 15.6.